The van der Waals surface area contributed by atoms with E-state index in [2.05, 4.69) is 16.0 Å². The Hall–Kier alpha value is -2.68. The van der Waals surface area contributed by atoms with E-state index in [4.69, 9.17) is 10.7 Å². The number of nitrogens with zero attached hydrogens (tertiary/aromatic N) is 1. The van der Waals surface area contributed by atoms with Crippen LogP contribution in [0.1, 0.15) is 41.6 Å². The maximum absolute atomic E-state index is 12.9. The molecule has 0 spiro atoms. The molecule has 0 bridgehead atoms. The highest BCUT2D eigenvalue weighted by molar-refractivity contribution is 6.01. The van der Waals surface area contributed by atoms with Crippen LogP contribution in [0.2, 0.25) is 0 Å². The van der Waals surface area contributed by atoms with Crippen molar-refractivity contribution in [2.24, 2.45) is 5.73 Å². The molecule has 1 aromatic heterocycles. The predicted octanol–water partition coefficient (Wildman–Crippen LogP) is 0.194. The molecule has 8 heteroatoms. The predicted molar refractivity (Wildman–Crippen MR) is 108 cm³/mol. The number of piperazine rings is 1. The first-order chi connectivity index (χ1) is 14.0. The van der Waals surface area contributed by atoms with Crippen molar-refractivity contribution in [2.45, 2.75) is 37.8 Å². The van der Waals surface area contributed by atoms with Gasteiger partial charge in [-0.05, 0) is 25.0 Å². The zero-order valence-electron chi connectivity index (χ0n) is 16.3. The molecule has 0 aliphatic carbocycles. The Morgan fingerprint density at radius 1 is 1.28 bits per heavy atom. The molecule has 2 aromatic rings. The molecule has 2 aliphatic rings. The van der Waals surface area contributed by atoms with Gasteiger partial charge >= 0.3 is 0 Å². The number of piperidine rings is 1. The monoisotopic (exact) mass is 395 g/mol. The van der Waals surface area contributed by atoms with Gasteiger partial charge in [0.1, 0.15) is 0 Å². The first-order valence-corrected chi connectivity index (χ1v) is 9.93. The molecule has 2 aliphatic heterocycles. The van der Waals surface area contributed by atoms with Crippen LogP contribution in [0.5, 0.6) is 0 Å². The number of hydrogen-bond donors (Lipinski definition) is 4. The van der Waals surface area contributed by atoms with Gasteiger partial charge in [-0.15, -0.1) is 0 Å². The van der Waals surface area contributed by atoms with Crippen LogP contribution in [0, 0.1) is 6.92 Å². The number of hydrogen-bond acceptors (Lipinski definition) is 7. The van der Waals surface area contributed by atoms with Gasteiger partial charge in [-0.1, -0.05) is 18.2 Å². The summed E-state index contributed by atoms with van der Waals surface area (Å²) in [5.74, 6) is -1.00. The van der Waals surface area contributed by atoms with E-state index >= 15 is 0 Å². The maximum Gasteiger partial charge on any atom is 0.234 e. The minimum atomic E-state index is -0.788. The number of carbonyl (C=O) groups is 3. The van der Waals surface area contributed by atoms with E-state index in [-0.39, 0.29) is 23.6 Å². The zero-order chi connectivity index (χ0) is 20.5. The van der Waals surface area contributed by atoms with E-state index in [1.807, 2.05) is 31.2 Å². The summed E-state index contributed by atoms with van der Waals surface area (Å²) in [7, 11) is 0. The highest BCUT2D eigenvalue weighted by Gasteiger charge is 2.31. The Kier molecular flexibility index (Phi) is 5.40. The number of rotatable bonds is 4. The SMILES string of the molecule is Cc1nc2c([C@@H](N)C(=O)C3CNCCN3)cccc2cc1C1CCC(=O)NC1=O. The minimum absolute atomic E-state index is 0.0709. The lowest BCUT2D eigenvalue weighted by Crippen LogP contribution is -2.54. The topological polar surface area (TPSA) is 126 Å². The van der Waals surface area contributed by atoms with Crippen molar-refractivity contribution in [3.63, 3.8) is 0 Å². The van der Waals surface area contributed by atoms with Gasteiger partial charge in [0.25, 0.3) is 0 Å². The number of ketones is 1. The number of Topliss-reactive ketones (excluding diaryl/α,β-unsaturated/α-hetero) is 1. The van der Waals surface area contributed by atoms with E-state index in [9.17, 15) is 14.4 Å². The Morgan fingerprint density at radius 2 is 2.10 bits per heavy atom. The van der Waals surface area contributed by atoms with Crippen LogP contribution in [-0.2, 0) is 14.4 Å². The highest BCUT2D eigenvalue weighted by atomic mass is 16.2. The number of aromatic nitrogens is 1. The van der Waals surface area contributed by atoms with E-state index in [0.29, 0.717) is 36.2 Å². The average Bonchev–Trinajstić information content (AvgIpc) is 2.73. The molecule has 2 fully saturated rings. The number of pyridine rings is 1. The third kappa shape index (κ3) is 3.78. The third-order valence-corrected chi connectivity index (χ3v) is 5.75. The summed E-state index contributed by atoms with van der Waals surface area (Å²) in [5, 5.41) is 9.63. The van der Waals surface area contributed by atoms with Crippen molar-refractivity contribution in [1.29, 1.82) is 0 Å². The molecule has 8 nitrogen and oxygen atoms in total. The minimum Gasteiger partial charge on any atom is -0.318 e. The first-order valence-electron chi connectivity index (χ1n) is 9.93. The molecule has 0 radical (unpaired) electrons. The number of nitrogens with two attached hydrogens (primary N) is 1. The maximum atomic E-state index is 12.9. The van der Waals surface area contributed by atoms with Gasteiger partial charge in [-0.25, -0.2) is 0 Å². The molecular formula is C21H25N5O3. The molecule has 2 amide bonds. The number of carbonyl (C=O) groups excluding carboxylic acids is 3. The molecule has 2 unspecified atom stereocenters. The van der Waals surface area contributed by atoms with E-state index in [1.54, 1.807) is 0 Å². The van der Waals surface area contributed by atoms with Crippen LogP contribution >= 0.6 is 0 Å². The summed E-state index contributed by atoms with van der Waals surface area (Å²) < 4.78 is 0. The lowest BCUT2D eigenvalue weighted by atomic mass is 9.88. The molecule has 152 valence electrons. The second-order valence-corrected chi connectivity index (χ2v) is 7.68. The van der Waals surface area contributed by atoms with Gasteiger partial charge in [0.05, 0.1) is 23.5 Å². The average molecular weight is 395 g/mol. The number of nitrogens with one attached hydrogen (secondary N) is 3. The van der Waals surface area contributed by atoms with Crippen molar-refractivity contribution < 1.29 is 14.4 Å². The largest absolute Gasteiger partial charge is 0.318 e. The van der Waals surface area contributed by atoms with Crippen LogP contribution in [0.3, 0.4) is 0 Å². The van der Waals surface area contributed by atoms with Gasteiger partial charge in [0.2, 0.25) is 11.8 Å². The van der Waals surface area contributed by atoms with Crippen LogP contribution in [0.25, 0.3) is 10.9 Å². The van der Waals surface area contributed by atoms with E-state index < -0.39 is 12.0 Å². The Balaban J connectivity index is 1.68. The lowest BCUT2D eigenvalue weighted by Gasteiger charge is -2.26. The first kappa shape index (κ1) is 19.6. The molecular weight excluding hydrogens is 370 g/mol. The molecule has 3 heterocycles. The van der Waals surface area contributed by atoms with Crippen LogP contribution < -0.4 is 21.7 Å². The number of para-hydroxylation sites is 1. The second kappa shape index (κ2) is 7.98. The summed E-state index contributed by atoms with van der Waals surface area (Å²) in [5.41, 5.74) is 9.20. The third-order valence-electron chi connectivity index (χ3n) is 5.75. The molecule has 3 atom stereocenters. The van der Waals surface area contributed by atoms with E-state index in [0.717, 1.165) is 24.0 Å². The van der Waals surface area contributed by atoms with Crippen LogP contribution in [0.15, 0.2) is 24.3 Å². The summed E-state index contributed by atoms with van der Waals surface area (Å²) in [6.07, 6.45) is 0.784. The van der Waals surface area contributed by atoms with Gasteiger partial charge in [-0.3, -0.25) is 24.7 Å². The molecule has 29 heavy (non-hydrogen) atoms. The summed E-state index contributed by atoms with van der Waals surface area (Å²) >= 11 is 0. The van der Waals surface area contributed by atoms with Gasteiger partial charge in [0, 0.05) is 42.7 Å². The summed E-state index contributed by atoms with van der Waals surface area (Å²) in [6.45, 7) is 3.96. The lowest BCUT2D eigenvalue weighted by molar-refractivity contribution is -0.134. The molecule has 4 rings (SSSR count). The molecule has 2 saturated heterocycles. The second-order valence-electron chi connectivity index (χ2n) is 7.68. The Bertz CT molecular complexity index is 984. The zero-order valence-corrected chi connectivity index (χ0v) is 16.3. The standard InChI is InChI=1S/C21H25N5O3/c1-11-15(13-5-6-17(27)26-21(13)29)9-12-3-2-4-14(19(12)25-11)18(22)20(28)16-10-23-7-8-24-16/h2-4,9,13,16,18,23-24H,5-8,10,22H2,1H3,(H,26,27,29)/t13?,16?,18-/m1/s1. The van der Waals surface area contributed by atoms with Gasteiger partial charge in [-0.2, -0.15) is 0 Å². The van der Waals surface area contributed by atoms with Crippen molar-refractivity contribution in [2.75, 3.05) is 19.6 Å². The number of benzene rings is 1. The molecule has 1 aromatic carbocycles. The smallest absolute Gasteiger partial charge is 0.234 e. The molecule has 5 N–H and O–H groups in total. The van der Waals surface area contributed by atoms with Crippen molar-refractivity contribution >= 4 is 28.5 Å². The van der Waals surface area contributed by atoms with Gasteiger partial charge < -0.3 is 16.4 Å². The van der Waals surface area contributed by atoms with Crippen molar-refractivity contribution in [3.8, 4) is 0 Å². The fraction of sp³-hybridized carbons (Fsp3) is 0.429. The van der Waals surface area contributed by atoms with Crippen LogP contribution in [-0.4, -0.2) is 48.3 Å². The molecule has 0 saturated carbocycles. The highest BCUT2D eigenvalue weighted by Crippen LogP contribution is 2.31. The normalized spacial score (nSPS) is 23.7. The summed E-state index contributed by atoms with van der Waals surface area (Å²) in [4.78, 5) is 41.3. The van der Waals surface area contributed by atoms with E-state index in [1.165, 1.54) is 0 Å². The quantitative estimate of drug-likeness (QED) is 0.545. The Labute approximate surface area is 168 Å². The number of aryl methyl sites for hydroxylation is 1. The fourth-order valence-electron chi connectivity index (χ4n) is 4.15. The Morgan fingerprint density at radius 3 is 2.83 bits per heavy atom. The fourth-order valence-corrected chi connectivity index (χ4v) is 4.15. The van der Waals surface area contributed by atoms with Crippen LogP contribution in [0.4, 0.5) is 0 Å². The van der Waals surface area contributed by atoms with Crippen molar-refractivity contribution in [1.82, 2.24) is 20.9 Å². The van der Waals surface area contributed by atoms with Gasteiger partial charge in [0.15, 0.2) is 5.78 Å². The summed E-state index contributed by atoms with van der Waals surface area (Å²) in [6, 6.07) is 6.40. The number of amides is 2. The number of imide groups is 1. The van der Waals surface area contributed by atoms with Crippen molar-refractivity contribution in [3.05, 3.63) is 41.1 Å². The number of fused-ring (bicyclic) bond motifs is 1.